The molecular weight excluding hydrogens is 384 g/mol. The number of aliphatic hydroxyl groups is 1. The van der Waals surface area contributed by atoms with Crippen LogP contribution in [-0.2, 0) is 13.0 Å². The lowest BCUT2D eigenvalue weighted by Crippen LogP contribution is -2.40. The van der Waals surface area contributed by atoms with Crippen molar-refractivity contribution in [3.05, 3.63) is 64.7 Å². The van der Waals surface area contributed by atoms with Crippen molar-refractivity contribution in [3.63, 3.8) is 0 Å². The predicted octanol–water partition coefficient (Wildman–Crippen LogP) is 4.10. The zero-order valence-electron chi connectivity index (χ0n) is 17.4. The molecule has 2 aromatic carbocycles. The van der Waals surface area contributed by atoms with Gasteiger partial charge in [-0.15, -0.1) is 0 Å². The Kier molecular flexibility index (Phi) is 8.81. The highest BCUT2D eigenvalue weighted by Gasteiger charge is 2.21. The standard InChI is InChI=1S/C24H33ClN2O2/c1-26(19-22-6-2-3-7-24(22)29-16-15-28)17-21-5-4-13-27(18-21)14-12-20-8-10-23(25)11-9-20/h2-3,6-11,21,28H,4-5,12-19H2,1H3/t21-/m0/s1. The van der Waals surface area contributed by atoms with Crippen molar-refractivity contribution in [2.24, 2.45) is 5.92 Å². The third-order valence-electron chi connectivity index (χ3n) is 5.56. The van der Waals surface area contributed by atoms with Gasteiger partial charge >= 0.3 is 0 Å². The van der Waals surface area contributed by atoms with E-state index in [2.05, 4.69) is 35.0 Å². The number of aliphatic hydroxyl groups excluding tert-OH is 1. The fraction of sp³-hybridized carbons (Fsp3) is 0.500. The molecule has 1 saturated heterocycles. The fourth-order valence-corrected chi connectivity index (χ4v) is 4.29. The molecule has 1 atom stereocenters. The van der Waals surface area contributed by atoms with Crippen LogP contribution in [0.4, 0.5) is 0 Å². The summed E-state index contributed by atoms with van der Waals surface area (Å²) in [7, 11) is 2.19. The molecule has 0 radical (unpaired) electrons. The molecule has 4 nitrogen and oxygen atoms in total. The Bertz CT molecular complexity index is 738. The van der Waals surface area contributed by atoms with Gasteiger partial charge in [0.1, 0.15) is 12.4 Å². The second-order valence-corrected chi connectivity index (χ2v) is 8.50. The second kappa shape index (κ2) is 11.6. The van der Waals surface area contributed by atoms with Crippen molar-refractivity contribution in [1.29, 1.82) is 0 Å². The zero-order valence-corrected chi connectivity index (χ0v) is 18.2. The molecule has 29 heavy (non-hydrogen) atoms. The van der Waals surface area contributed by atoms with Gasteiger partial charge < -0.3 is 19.6 Å². The van der Waals surface area contributed by atoms with E-state index >= 15 is 0 Å². The first-order chi connectivity index (χ1) is 14.1. The van der Waals surface area contributed by atoms with E-state index in [9.17, 15) is 0 Å². The minimum Gasteiger partial charge on any atom is -0.491 e. The topological polar surface area (TPSA) is 35.9 Å². The van der Waals surface area contributed by atoms with Gasteiger partial charge in [0, 0.05) is 36.8 Å². The highest BCUT2D eigenvalue weighted by atomic mass is 35.5. The SMILES string of the molecule is CN(Cc1ccccc1OCCO)C[C@@H]1CCCN(CCc2ccc(Cl)cc2)C1. The summed E-state index contributed by atoms with van der Waals surface area (Å²) in [6.07, 6.45) is 3.65. The molecule has 1 aliphatic rings. The molecule has 0 saturated carbocycles. The molecule has 0 unspecified atom stereocenters. The van der Waals surface area contributed by atoms with Gasteiger partial charge in [0.25, 0.3) is 0 Å². The van der Waals surface area contributed by atoms with Crippen LogP contribution in [0, 0.1) is 5.92 Å². The van der Waals surface area contributed by atoms with Crippen molar-refractivity contribution >= 4 is 11.6 Å². The van der Waals surface area contributed by atoms with E-state index in [0.29, 0.717) is 12.5 Å². The Morgan fingerprint density at radius 1 is 1.17 bits per heavy atom. The lowest BCUT2D eigenvalue weighted by atomic mass is 9.97. The molecule has 5 heteroatoms. The number of hydrogen-bond acceptors (Lipinski definition) is 4. The molecule has 1 aliphatic heterocycles. The summed E-state index contributed by atoms with van der Waals surface area (Å²) in [6, 6.07) is 16.4. The zero-order chi connectivity index (χ0) is 20.5. The molecule has 2 aromatic rings. The molecular formula is C24H33ClN2O2. The van der Waals surface area contributed by atoms with Gasteiger partial charge in [-0.1, -0.05) is 41.9 Å². The number of para-hydroxylation sites is 1. The average Bonchev–Trinajstić information content (AvgIpc) is 2.73. The average molecular weight is 417 g/mol. The van der Waals surface area contributed by atoms with E-state index in [1.165, 1.54) is 37.1 Å². The molecule has 1 heterocycles. The van der Waals surface area contributed by atoms with E-state index in [0.717, 1.165) is 36.8 Å². The predicted molar refractivity (Wildman–Crippen MR) is 120 cm³/mol. The molecule has 158 valence electrons. The highest BCUT2D eigenvalue weighted by molar-refractivity contribution is 6.30. The summed E-state index contributed by atoms with van der Waals surface area (Å²) < 4.78 is 5.68. The number of rotatable bonds is 10. The lowest BCUT2D eigenvalue weighted by Gasteiger charge is -2.35. The first-order valence-electron chi connectivity index (χ1n) is 10.6. The Morgan fingerprint density at radius 2 is 1.97 bits per heavy atom. The van der Waals surface area contributed by atoms with Crippen molar-refractivity contribution in [2.45, 2.75) is 25.8 Å². The van der Waals surface area contributed by atoms with Crippen LogP contribution >= 0.6 is 11.6 Å². The van der Waals surface area contributed by atoms with E-state index < -0.39 is 0 Å². The monoisotopic (exact) mass is 416 g/mol. The number of hydrogen-bond donors (Lipinski definition) is 1. The van der Waals surface area contributed by atoms with Gasteiger partial charge in [0.2, 0.25) is 0 Å². The third kappa shape index (κ3) is 7.31. The van der Waals surface area contributed by atoms with Gasteiger partial charge in [-0.3, -0.25) is 0 Å². The van der Waals surface area contributed by atoms with Crippen LogP contribution in [0.2, 0.25) is 5.02 Å². The number of halogens is 1. The molecule has 0 bridgehead atoms. The number of nitrogens with zero attached hydrogens (tertiary/aromatic N) is 2. The molecule has 3 rings (SSSR count). The van der Waals surface area contributed by atoms with Gasteiger partial charge in [0.15, 0.2) is 0 Å². The normalized spacial score (nSPS) is 17.6. The molecule has 0 amide bonds. The first-order valence-corrected chi connectivity index (χ1v) is 11.0. The fourth-order valence-electron chi connectivity index (χ4n) is 4.17. The maximum Gasteiger partial charge on any atom is 0.123 e. The summed E-state index contributed by atoms with van der Waals surface area (Å²) in [5.74, 6) is 1.58. The summed E-state index contributed by atoms with van der Waals surface area (Å²) in [5, 5.41) is 9.83. The largest absolute Gasteiger partial charge is 0.491 e. The minimum absolute atomic E-state index is 0.0398. The number of benzene rings is 2. The number of likely N-dealkylation sites (tertiary alicyclic amines) is 1. The number of piperidine rings is 1. The Balaban J connectivity index is 1.46. The second-order valence-electron chi connectivity index (χ2n) is 8.06. The molecule has 0 spiro atoms. The van der Waals surface area contributed by atoms with Crippen molar-refractivity contribution in [2.75, 3.05) is 46.4 Å². The van der Waals surface area contributed by atoms with Crippen LogP contribution in [0.5, 0.6) is 5.75 Å². The number of ether oxygens (including phenoxy) is 1. The maximum atomic E-state index is 9.02. The van der Waals surface area contributed by atoms with Gasteiger partial charge in [-0.25, -0.2) is 0 Å². The molecule has 1 fully saturated rings. The smallest absolute Gasteiger partial charge is 0.123 e. The minimum atomic E-state index is 0.0398. The first kappa shape index (κ1) is 22.1. The molecule has 0 aliphatic carbocycles. The quantitative estimate of drug-likeness (QED) is 0.632. The van der Waals surface area contributed by atoms with Crippen LogP contribution in [0.25, 0.3) is 0 Å². The summed E-state index contributed by atoms with van der Waals surface area (Å²) >= 11 is 5.99. The highest BCUT2D eigenvalue weighted by Crippen LogP contribution is 2.22. The summed E-state index contributed by atoms with van der Waals surface area (Å²) in [5.41, 5.74) is 2.53. The third-order valence-corrected chi connectivity index (χ3v) is 5.82. The van der Waals surface area contributed by atoms with Crippen LogP contribution in [0.15, 0.2) is 48.5 Å². The van der Waals surface area contributed by atoms with Crippen LogP contribution < -0.4 is 4.74 Å². The van der Waals surface area contributed by atoms with E-state index in [1.807, 2.05) is 30.3 Å². The summed E-state index contributed by atoms with van der Waals surface area (Å²) in [4.78, 5) is 5.00. The molecule has 1 N–H and O–H groups in total. The van der Waals surface area contributed by atoms with Crippen LogP contribution in [0.1, 0.15) is 24.0 Å². The molecule has 0 aromatic heterocycles. The Labute approximate surface area is 180 Å². The Hall–Kier alpha value is -1.59. The van der Waals surface area contributed by atoms with Crippen molar-refractivity contribution < 1.29 is 9.84 Å². The van der Waals surface area contributed by atoms with E-state index in [-0.39, 0.29) is 6.61 Å². The maximum absolute atomic E-state index is 9.02. The Morgan fingerprint density at radius 3 is 2.76 bits per heavy atom. The van der Waals surface area contributed by atoms with Gasteiger partial charge in [-0.05, 0) is 62.5 Å². The van der Waals surface area contributed by atoms with Crippen molar-refractivity contribution in [1.82, 2.24) is 9.80 Å². The van der Waals surface area contributed by atoms with E-state index in [1.54, 1.807) is 0 Å². The summed E-state index contributed by atoms with van der Waals surface area (Å²) in [6.45, 7) is 5.81. The van der Waals surface area contributed by atoms with Crippen LogP contribution in [-0.4, -0.2) is 61.3 Å². The van der Waals surface area contributed by atoms with Gasteiger partial charge in [-0.2, -0.15) is 0 Å². The van der Waals surface area contributed by atoms with Gasteiger partial charge in [0.05, 0.1) is 6.61 Å². The van der Waals surface area contributed by atoms with Crippen molar-refractivity contribution in [3.8, 4) is 5.75 Å². The van der Waals surface area contributed by atoms with Crippen LogP contribution in [0.3, 0.4) is 0 Å². The lowest BCUT2D eigenvalue weighted by molar-refractivity contribution is 0.141. The van der Waals surface area contributed by atoms with E-state index in [4.69, 9.17) is 21.4 Å².